The molecule has 4 rings (SSSR count). The predicted octanol–water partition coefficient (Wildman–Crippen LogP) is 5.75. The number of carbonyl (C=O) groups excluding carboxylic acids is 2. The Labute approximate surface area is 184 Å². The van der Waals surface area contributed by atoms with Gasteiger partial charge in [-0.25, -0.2) is 4.79 Å². The molecule has 0 bridgehead atoms. The Morgan fingerprint density at radius 1 is 0.839 bits per heavy atom. The van der Waals surface area contributed by atoms with Gasteiger partial charge in [-0.2, -0.15) is 0 Å². The average molecular weight is 416 g/mol. The van der Waals surface area contributed by atoms with Crippen LogP contribution < -0.4 is 5.32 Å². The number of fused-ring (bicyclic) bond motifs is 3. The number of hydrogen-bond donors (Lipinski definition) is 1. The molecular formula is C27H29NO3. The maximum absolute atomic E-state index is 12.4. The number of ketones is 1. The third kappa shape index (κ3) is 5.21. The molecular weight excluding hydrogens is 386 g/mol. The second kappa shape index (κ2) is 10.6. The molecule has 0 saturated heterocycles. The van der Waals surface area contributed by atoms with E-state index in [1.807, 2.05) is 68.4 Å². The summed E-state index contributed by atoms with van der Waals surface area (Å²) < 4.78 is 5.56. The lowest BCUT2D eigenvalue weighted by Crippen LogP contribution is -2.42. The number of rotatable bonds is 6. The van der Waals surface area contributed by atoms with Gasteiger partial charge in [-0.05, 0) is 41.2 Å². The fourth-order valence-electron chi connectivity index (χ4n) is 3.93. The van der Waals surface area contributed by atoms with Crippen molar-refractivity contribution in [3.63, 3.8) is 0 Å². The summed E-state index contributed by atoms with van der Waals surface area (Å²) in [6, 6.07) is 25.4. The zero-order valence-electron chi connectivity index (χ0n) is 18.3. The molecule has 0 fully saturated rings. The molecule has 1 aliphatic carbocycles. The van der Waals surface area contributed by atoms with Crippen LogP contribution in [0.15, 0.2) is 78.9 Å². The molecule has 4 nitrogen and oxygen atoms in total. The number of ether oxygens (including phenoxy) is 1. The third-order valence-electron chi connectivity index (χ3n) is 5.41. The topological polar surface area (TPSA) is 55.4 Å². The van der Waals surface area contributed by atoms with Gasteiger partial charge in [-0.3, -0.25) is 4.79 Å². The monoisotopic (exact) mass is 415 g/mol. The van der Waals surface area contributed by atoms with Gasteiger partial charge in [0.15, 0.2) is 5.78 Å². The lowest BCUT2D eigenvalue weighted by atomic mass is 9.98. The first-order chi connectivity index (χ1) is 15.1. The molecule has 160 valence electrons. The highest BCUT2D eigenvalue weighted by Crippen LogP contribution is 2.44. The molecule has 0 heterocycles. The SMILES string of the molecule is CC.CC(=O)C(Cc1ccccc1)NC(=O)OCC1c2ccccc2-c2ccccc21. The molecule has 0 radical (unpaired) electrons. The van der Waals surface area contributed by atoms with Crippen LogP contribution in [-0.4, -0.2) is 24.5 Å². The van der Waals surface area contributed by atoms with Crippen LogP contribution in [0.5, 0.6) is 0 Å². The summed E-state index contributed by atoms with van der Waals surface area (Å²) in [4.78, 5) is 24.4. The first-order valence-corrected chi connectivity index (χ1v) is 10.8. The molecule has 0 aromatic heterocycles. The second-order valence-corrected chi connectivity index (χ2v) is 7.32. The Kier molecular flexibility index (Phi) is 7.60. The number of hydrogen-bond acceptors (Lipinski definition) is 3. The molecule has 3 aromatic rings. The van der Waals surface area contributed by atoms with E-state index in [0.29, 0.717) is 6.42 Å². The van der Waals surface area contributed by atoms with Gasteiger partial charge in [0, 0.05) is 5.92 Å². The van der Waals surface area contributed by atoms with Gasteiger partial charge in [-0.1, -0.05) is 92.7 Å². The van der Waals surface area contributed by atoms with Crippen LogP contribution in [0.2, 0.25) is 0 Å². The van der Waals surface area contributed by atoms with Crippen LogP contribution >= 0.6 is 0 Å². The zero-order chi connectivity index (χ0) is 22.2. The highest BCUT2D eigenvalue weighted by molar-refractivity contribution is 5.85. The molecule has 1 atom stereocenters. The minimum atomic E-state index is -0.604. The minimum absolute atomic E-state index is 0.00180. The van der Waals surface area contributed by atoms with E-state index >= 15 is 0 Å². The van der Waals surface area contributed by atoms with Gasteiger partial charge < -0.3 is 10.1 Å². The quantitative estimate of drug-likeness (QED) is 0.557. The summed E-state index contributed by atoms with van der Waals surface area (Å²) in [6.45, 7) is 5.72. The molecule has 0 aliphatic heterocycles. The molecule has 31 heavy (non-hydrogen) atoms. The van der Waals surface area contributed by atoms with E-state index in [-0.39, 0.29) is 18.3 Å². The van der Waals surface area contributed by atoms with E-state index in [1.54, 1.807) is 0 Å². The summed E-state index contributed by atoms with van der Waals surface area (Å²) in [5, 5.41) is 2.73. The summed E-state index contributed by atoms with van der Waals surface area (Å²) >= 11 is 0. The van der Waals surface area contributed by atoms with E-state index in [2.05, 4.69) is 29.6 Å². The number of amides is 1. The van der Waals surface area contributed by atoms with Gasteiger partial charge in [0.1, 0.15) is 6.61 Å². The van der Waals surface area contributed by atoms with Crippen molar-refractivity contribution in [3.8, 4) is 11.1 Å². The molecule has 1 amide bonds. The van der Waals surface area contributed by atoms with E-state index in [1.165, 1.54) is 18.1 Å². The molecule has 1 unspecified atom stereocenters. The number of benzene rings is 3. The predicted molar refractivity (Wildman–Crippen MR) is 124 cm³/mol. The number of nitrogens with one attached hydrogen (secondary N) is 1. The minimum Gasteiger partial charge on any atom is -0.449 e. The van der Waals surface area contributed by atoms with E-state index in [9.17, 15) is 9.59 Å². The van der Waals surface area contributed by atoms with Crippen molar-refractivity contribution < 1.29 is 14.3 Å². The van der Waals surface area contributed by atoms with Crippen LogP contribution in [0.25, 0.3) is 11.1 Å². The van der Waals surface area contributed by atoms with Crippen molar-refractivity contribution in [3.05, 3.63) is 95.6 Å². The molecule has 4 heteroatoms. The lowest BCUT2D eigenvalue weighted by Gasteiger charge is -2.18. The fraction of sp³-hybridized carbons (Fsp3) is 0.259. The normalized spacial score (nSPS) is 12.6. The Hall–Kier alpha value is -3.40. The first kappa shape index (κ1) is 22.3. The smallest absolute Gasteiger partial charge is 0.407 e. The maximum atomic E-state index is 12.4. The molecule has 0 saturated carbocycles. The standard InChI is InChI=1S/C25H23NO3.C2H6/c1-17(27)24(15-18-9-3-2-4-10-18)26-25(28)29-16-23-21-13-7-5-11-19(21)20-12-6-8-14-22(20)23;1-2/h2-14,23-24H,15-16H2,1H3,(H,26,28);1-2H3. The van der Waals surface area contributed by atoms with Crippen molar-refractivity contribution in [2.75, 3.05) is 6.61 Å². The second-order valence-electron chi connectivity index (χ2n) is 7.32. The largest absolute Gasteiger partial charge is 0.449 e. The summed E-state index contributed by atoms with van der Waals surface area (Å²) in [5.41, 5.74) is 5.68. The van der Waals surface area contributed by atoms with E-state index in [4.69, 9.17) is 4.74 Å². The highest BCUT2D eigenvalue weighted by Gasteiger charge is 2.29. The number of carbonyl (C=O) groups is 2. The van der Waals surface area contributed by atoms with Crippen molar-refractivity contribution in [1.29, 1.82) is 0 Å². The van der Waals surface area contributed by atoms with Crippen LogP contribution in [0.3, 0.4) is 0 Å². The van der Waals surface area contributed by atoms with Crippen LogP contribution in [0.4, 0.5) is 4.79 Å². The molecule has 3 aromatic carbocycles. The molecule has 1 N–H and O–H groups in total. The zero-order valence-corrected chi connectivity index (χ0v) is 18.3. The Morgan fingerprint density at radius 2 is 1.35 bits per heavy atom. The van der Waals surface area contributed by atoms with Crippen molar-refractivity contribution in [1.82, 2.24) is 5.32 Å². The maximum Gasteiger partial charge on any atom is 0.407 e. The Bertz CT molecular complexity index is 984. The van der Waals surface area contributed by atoms with Crippen molar-refractivity contribution >= 4 is 11.9 Å². The molecule has 0 spiro atoms. The third-order valence-corrected chi connectivity index (χ3v) is 5.41. The average Bonchev–Trinajstić information content (AvgIpc) is 3.13. The summed E-state index contributed by atoms with van der Waals surface area (Å²) in [5.74, 6) is -0.0968. The Morgan fingerprint density at radius 3 is 1.90 bits per heavy atom. The van der Waals surface area contributed by atoms with Crippen LogP contribution in [0.1, 0.15) is 43.4 Å². The van der Waals surface area contributed by atoms with Gasteiger partial charge in [0.2, 0.25) is 0 Å². The fourth-order valence-corrected chi connectivity index (χ4v) is 3.93. The van der Waals surface area contributed by atoms with Gasteiger partial charge in [0.05, 0.1) is 6.04 Å². The van der Waals surface area contributed by atoms with Crippen molar-refractivity contribution in [2.24, 2.45) is 0 Å². The van der Waals surface area contributed by atoms with Crippen molar-refractivity contribution in [2.45, 2.75) is 39.2 Å². The molecule has 1 aliphatic rings. The van der Waals surface area contributed by atoms with Gasteiger partial charge >= 0.3 is 6.09 Å². The van der Waals surface area contributed by atoms with Gasteiger partial charge in [-0.15, -0.1) is 0 Å². The number of Topliss-reactive ketones (excluding diaryl/α,β-unsaturated/α-hetero) is 1. The summed E-state index contributed by atoms with van der Waals surface area (Å²) in [7, 11) is 0. The first-order valence-electron chi connectivity index (χ1n) is 10.8. The van der Waals surface area contributed by atoms with E-state index < -0.39 is 12.1 Å². The van der Waals surface area contributed by atoms with Crippen LogP contribution in [-0.2, 0) is 16.0 Å². The lowest BCUT2D eigenvalue weighted by molar-refractivity contribution is -0.118. The summed E-state index contributed by atoms with van der Waals surface area (Å²) in [6.07, 6.45) is -0.122. The number of alkyl carbamates (subject to hydrolysis) is 1. The highest BCUT2D eigenvalue weighted by atomic mass is 16.5. The van der Waals surface area contributed by atoms with Gasteiger partial charge in [0.25, 0.3) is 0 Å². The van der Waals surface area contributed by atoms with Crippen LogP contribution in [0, 0.1) is 0 Å². The van der Waals surface area contributed by atoms with E-state index in [0.717, 1.165) is 16.7 Å². The Balaban J connectivity index is 0.00000132.